The minimum absolute atomic E-state index is 0.0714. The number of hydrogen-bond donors (Lipinski definition) is 1. The number of aromatic amines is 1. The summed E-state index contributed by atoms with van der Waals surface area (Å²) in [7, 11) is 0. The van der Waals surface area contributed by atoms with E-state index in [2.05, 4.69) is 27.9 Å². The summed E-state index contributed by atoms with van der Waals surface area (Å²) in [6.07, 6.45) is 3.66. The third-order valence-corrected chi connectivity index (χ3v) is 4.54. The molecule has 24 heavy (non-hydrogen) atoms. The number of H-pyrrole nitrogens is 1. The molecule has 3 heterocycles. The van der Waals surface area contributed by atoms with E-state index >= 15 is 0 Å². The highest BCUT2D eigenvalue weighted by Gasteiger charge is 2.25. The first-order valence-electron chi connectivity index (χ1n) is 8.19. The zero-order valence-electron chi connectivity index (χ0n) is 14.0. The fraction of sp³-hybridized carbons (Fsp3) is 0.389. The number of carbonyl (C=O) groups is 1. The van der Waals surface area contributed by atoms with Crippen molar-refractivity contribution in [1.82, 2.24) is 19.8 Å². The van der Waals surface area contributed by atoms with Gasteiger partial charge in [0.05, 0.1) is 0 Å². The lowest BCUT2D eigenvalue weighted by molar-refractivity contribution is 0.0581. The molecular weight excluding hydrogens is 304 g/mol. The summed E-state index contributed by atoms with van der Waals surface area (Å²) in [6, 6.07) is 7.40. The summed E-state index contributed by atoms with van der Waals surface area (Å²) in [5.74, 6) is -0.0714. The molecule has 1 aliphatic rings. The van der Waals surface area contributed by atoms with Gasteiger partial charge in [-0.1, -0.05) is 6.07 Å². The Morgan fingerprint density at radius 3 is 2.62 bits per heavy atom. The second kappa shape index (κ2) is 6.97. The number of nitrogens with zero attached hydrogens (tertiary/aromatic N) is 3. The van der Waals surface area contributed by atoms with Gasteiger partial charge in [-0.05, 0) is 31.5 Å². The van der Waals surface area contributed by atoms with Gasteiger partial charge in [-0.15, -0.1) is 0 Å². The highest BCUT2D eigenvalue weighted by atomic mass is 16.2. The van der Waals surface area contributed by atoms with E-state index in [4.69, 9.17) is 0 Å². The largest absolute Gasteiger partial charge is 0.336 e. The lowest BCUT2D eigenvalue weighted by Crippen LogP contribution is -2.49. The molecule has 126 valence electrons. The molecule has 1 fully saturated rings. The van der Waals surface area contributed by atoms with Crippen LogP contribution in [-0.2, 0) is 0 Å². The molecule has 1 aliphatic heterocycles. The van der Waals surface area contributed by atoms with Crippen LogP contribution in [0.3, 0.4) is 0 Å². The Morgan fingerprint density at radius 2 is 2.00 bits per heavy atom. The summed E-state index contributed by atoms with van der Waals surface area (Å²) in [4.78, 5) is 35.2. The SMILES string of the molecule is Cc1cc(C(=O)N2CCN(C(C)c3cccnc3)CC2)cc(=O)[nH]1. The van der Waals surface area contributed by atoms with Crippen molar-refractivity contribution in [2.75, 3.05) is 26.2 Å². The molecule has 1 atom stereocenters. The number of pyridine rings is 2. The summed E-state index contributed by atoms with van der Waals surface area (Å²) in [5, 5.41) is 0. The first-order chi connectivity index (χ1) is 11.5. The average Bonchev–Trinajstić information content (AvgIpc) is 2.60. The van der Waals surface area contributed by atoms with E-state index in [1.807, 2.05) is 17.2 Å². The van der Waals surface area contributed by atoms with E-state index in [1.165, 1.54) is 11.6 Å². The van der Waals surface area contributed by atoms with Gasteiger partial charge in [-0.2, -0.15) is 0 Å². The van der Waals surface area contributed by atoms with Crippen LogP contribution in [0.15, 0.2) is 41.5 Å². The summed E-state index contributed by atoms with van der Waals surface area (Å²) >= 11 is 0. The smallest absolute Gasteiger partial charge is 0.254 e. The van der Waals surface area contributed by atoms with Crippen molar-refractivity contribution < 1.29 is 4.79 Å². The van der Waals surface area contributed by atoms with E-state index in [9.17, 15) is 9.59 Å². The lowest BCUT2D eigenvalue weighted by atomic mass is 10.1. The Labute approximate surface area is 141 Å². The van der Waals surface area contributed by atoms with Crippen molar-refractivity contribution in [3.8, 4) is 0 Å². The van der Waals surface area contributed by atoms with Crippen LogP contribution in [-0.4, -0.2) is 51.9 Å². The molecule has 2 aromatic heterocycles. The van der Waals surface area contributed by atoms with Crippen molar-refractivity contribution in [1.29, 1.82) is 0 Å². The zero-order valence-corrected chi connectivity index (χ0v) is 14.0. The second-order valence-electron chi connectivity index (χ2n) is 6.21. The van der Waals surface area contributed by atoms with E-state index in [1.54, 1.807) is 19.2 Å². The molecule has 0 aliphatic carbocycles. The average molecular weight is 326 g/mol. The van der Waals surface area contributed by atoms with Gasteiger partial charge in [0.1, 0.15) is 0 Å². The standard InChI is InChI=1S/C18H22N4O2/c1-13-10-16(11-17(23)20-13)18(24)22-8-6-21(7-9-22)14(2)15-4-3-5-19-12-15/h3-5,10-12,14H,6-9H2,1-2H3,(H,20,23). The van der Waals surface area contributed by atoms with Crippen LogP contribution >= 0.6 is 0 Å². The van der Waals surface area contributed by atoms with Crippen LogP contribution in [0.5, 0.6) is 0 Å². The molecule has 1 unspecified atom stereocenters. The van der Waals surface area contributed by atoms with Crippen LogP contribution in [0, 0.1) is 6.92 Å². The van der Waals surface area contributed by atoms with Gasteiger partial charge < -0.3 is 9.88 Å². The molecule has 1 amide bonds. The molecule has 6 heteroatoms. The molecule has 0 bridgehead atoms. The molecule has 1 saturated heterocycles. The van der Waals surface area contributed by atoms with Crippen LogP contribution in [0.1, 0.15) is 34.6 Å². The van der Waals surface area contributed by atoms with E-state index in [0.29, 0.717) is 24.3 Å². The van der Waals surface area contributed by atoms with Gasteiger partial charge in [-0.3, -0.25) is 19.5 Å². The van der Waals surface area contributed by atoms with Crippen LogP contribution < -0.4 is 5.56 Å². The lowest BCUT2D eigenvalue weighted by Gasteiger charge is -2.38. The van der Waals surface area contributed by atoms with E-state index in [0.717, 1.165) is 13.1 Å². The summed E-state index contributed by atoms with van der Waals surface area (Å²) in [6.45, 7) is 6.89. The number of aromatic nitrogens is 2. The van der Waals surface area contributed by atoms with E-state index < -0.39 is 0 Å². The number of carbonyl (C=O) groups excluding carboxylic acids is 1. The number of amides is 1. The van der Waals surface area contributed by atoms with Gasteiger partial charge >= 0.3 is 0 Å². The fourth-order valence-corrected chi connectivity index (χ4v) is 3.13. The fourth-order valence-electron chi connectivity index (χ4n) is 3.13. The Balaban J connectivity index is 1.64. The van der Waals surface area contributed by atoms with Crippen LogP contribution in [0.25, 0.3) is 0 Å². The maximum Gasteiger partial charge on any atom is 0.254 e. The van der Waals surface area contributed by atoms with Crippen LogP contribution in [0.2, 0.25) is 0 Å². The quantitative estimate of drug-likeness (QED) is 0.930. The number of piperazine rings is 1. The van der Waals surface area contributed by atoms with Crippen molar-refractivity contribution in [3.05, 3.63) is 63.8 Å². The number of nitrogens with one attached hydrogen (secondary N) is 1. The molecular formula is C18H22N4O2. The summed E-state index contributed by atoms with van der Waals surface area (Å²) < 4.78 is 0. The molecule has 0 aromatic carbocycles. The topological polar surface area (TPSA) is 69.3 Å². The predicted molar refractivity (Wildman–Crippen MR) is 91.9 cm³/mol. The third-order valence-electron chi connectivity index (χ3n) is 4.54. The Kier molecular flexibility index (Phi) is 4.76. The number of aryl methyl sites for hydroxylation is 1. The Bertz CT molecular complexity index is 764. The highest BCUT2D eigenvalue weighted by Crippen LogP contribution is 2.21. The first kappa shape index (κ1) is 16.4. The van der Waals surface area contributed by atoms with Crippen molar-refractivity contribution in [2.24, 2.45) is 0 Å². The van der Waals surface area contributed by atoms with Gasteiger partial charge in [0.25, 0.3) is 5.91 Å². The molecule has 0 saturated carbocycles. The second-order valence-corrected chi connectivity index (χ2v) is 6.21. The van der Waals surface area contributed by atoms with Crippen molar-refractivity contribution in [3.63, 3.8) is 0 Å². The molecule has 1 N–H and O–H groups in total. The maximum atomic E-state index is 12.6. The normalized spacial score (nSPS) is 16.8. The highest BCUT2D eigenvalue weighted by molar-refractivity contribution is 5.94. The third kappa shape index (κ3) is 3.54. The minimum atomic E-state index is -0.234. The monoisotopic (exact) mass is 326 g/mol. The molecule has 0 spiro atoms. The number of hydrogen-bond acceptors (Lipinski definition) is 4. The maximum absolute atomic E-state index is 12.6. The molecule has 0 radical (unpaired) electrons. The predicted octanol–water partition coefficient (Wildman–Crippen LogP) is 1.60. The van der Waals surface area contributed by atoms with Gasteiger partial charge in [0, 0.05) is 61.9 Å². The minimum Gasteiger partial charge on any atom is -0.336 e. The molecule has 6 nitrogen and oxygen atoms in total. The Morgan fingerprint density at radius 1 is 1.25 bits per heavy atom. The molecule has 2 aromatic rings. The zero-order chi connectivity index (χ0) is 17.1. The van der Waals surface area contributed by atoms with Gasteiger partial charge in [0.2, 0.25) is 5.56 Å². The molecule has 3 rings (SSSR count). The Hall–Kier alpha value is -2.47. The van der Waals surface area contributed by atoms with Gasteiger partial charge in [-0.25, -0.2) is 0 Å². The van der Waals surface area contributed by atoms with E-state index in [-0.39, 0.29) is 17.5 Å². The van der Waals surface area contributed by atoms with Gasteiger partial charge in [0.15, 0.2) is 0 Å². The summed E-state index contributed by atoms with van der Waals surface area (Å²) in [5.41, 5.74) is 2.12. The van der Waals surface area contributed by atoms with Crippen molar-refractivity contribution in [2.45, 2.75) is 19.9 Å². The first-order valence-corrected chi connectivity index (χ1v) is 8.19. The van der Waals surface area contributed by atoms with Crippen LogP contribution in [0.4, 0.5) is 0 Å². The van der Waals surface area contributed by atoms with Crippen molar-refractivity contribution >= 4 is 5.91 Å². The number of rotatable bonds is 3.